The summed E-state index contributed by atoms with van der Waals surface area (Å²) in [5.41, 5.74) is 25.5. The molecule has 1 aliphatic rings. The molecule has 2 N–H and O–H groups in total. The number of rotatable bonds is 37. The van der Waals surface area contributed by atoms with Crippen LogP contribution in [0, 0.1) is 17.5 Å². The number of pyridine rings is 2. The number of benzene rings is 14. The zero-order valence-electron chi connectivity index (χ0n) is 80.8. The van der Waals surface area contributed by atoms with Gasteiger partial charge in [0.05, 0.1) is 6.61 Å². The maximum atomic E-state index is 13.2. The summed E-state index contributed by atoms with van der Waals surface area (Å²) in [5, 5.41) is 19.7. The van der Waals surface area contributed by atoms with Crippen LogP contribution in [0.2, 0.25) is 0 Å². The summed E-state index contributed by atoms with van der Waals surface area (Å²) in [6.07, 6.45) is 8.13. The van der Waals surface area contributed by atoms with E-state index in [2.05, 4.69) is 318 Å². The number of aromatic hydroxyl groups is 2. The molecule has 0 atom stereocenters. The molecule has 0 fully saturated rings. The molecule has 1 aliphatic heterocycles. The minimum Gasteiger partial charge on any atom is -0.508 e. The second-order valence-electron chi connectivity index (χ2n) is 36.8. The van der Waals surface area contributed by atoms with Crippen molar-refractivity contribution in [2.75, 3.05) is 51.1 Å². The Hall–Kier alpha value is -14.6. The Morgan fingerprint density at radius 2 is 0.640 bits per heavy atom. The molecule has 712 valence electrons. The summed E-state index contributed by atoms with van der Waals surface area (Å²) in [4.78, 5) is 34.6. The average molecular weight is 1860 g/mol. The van der Waals surface area contributed by atoms with Crippen LogP contribution in [0.15, 0.2) is 407 Å². The summed E-state index contributed by atoms with van der Waals surface area (Å²) in [5.74, 6) is 0.934. The van der Waals surface area contributed by atoms with Crippen LogP contribution in [0.1, 0.15) is 132 Å². The maximum Gasteiger partial charge on any atom is 0.293 e. The molecular weight excluding hydrogens is 1730 g/mol. The molecule has 0 spiro atoms. The molecule has 0 saturated heterocycles. The van der Waals surface area contributed by atoms with E-state index < -0.39 is 0 Å². The number of ether oxygens (including phenoxy) is 2. The lowest BCUT2D eigenvalue weighted by atomic mass is 9.87. The fraction of sp³-hybridized carbons (Fsp3) is 0.221. The lowest BCUT2D eigenvalue weighted by Crippen LogP contribution is -2.28. The Morgan fingerprint density at radius 1 is 0.338 bits per heavy atom. The Kier molecular flexibility index (Phi) is 39.0. The number of hydrogen-bond donors (Lipinski definition) is 2. The van der Waals surface area contributed by atoms with Crippen molar-refractivity contribution in [2.24, 2.45) is 0 Å². The van der Waals surface area contributed by atoms with Crippen molar-refractivity contribution in [1.82, 2.24) is 34.5 Å². The first kappa shape index (κ1) is 102. The summed E-state index contributed by atoms with van der Waals surface area (Å²) in [6.45, 7) is 20.2. The van der Waals surface area contributed by atoms with Gasteiger partial charge in [-0.3, -0.25) is 39.3 Å². The van der Waals surface area contributed by atoms with Crippen molar-refractivity contribution >= 4 is 17.8 Å². The van der Waals surface area contributed by atoms with Gasteiger partial charge in [-0.05, 0) is 215 Å². The van der Waals surface area contributed by atoms with Gasteiger partial charge in [0.1, 0.15) is 41.3 Å². The molecule has 16 aromatic rings. The Morgan fingerprint density at radius 3 is 1.00 bits per heavy atom. The van der Waals surface area contributed by atoms with E-state index in [4.69, 9.17) is 9.47 Å². The van der Waals surface area contributed by atoms with Crippen molar-refractivity contribution < 1.29 is 37.7 Å². The SMILES string of the molecule is CC(C)(C)c1ccc(CN(Cc2ccncc2)Cc2ccc(F)cc2)cc1.CN(C)c1ccc(CN(Cc2ccccc2)CC(c2ccccc2)c2ccccc2)cc1.CN(C)c1ccc(CN(Cc2ccccc2)Cc2ccc3c(c2)CCO3)cc1.O=COCc1ccc(CN(Cc2ccccc2)Cc2ccc(F)cc2)cc1.Oc1ccc(O)c(CN(Cc2ccncc2)Cc2ccc(F)cc2)c1. The number of phenolic OH excluding ortho intramolecular Hbond substituents is 2. The zero-order valence-corrected chi connectivity index (χ0v) is 80.8. The fourth-order valence-corrected chi connectivity index (χ4v) is 16.8. The normalized spacial score (nSPS) is 11.5. The molecule has 139 heavy (non-hydrogen) atoms. The minimum atomic E-state index is -0.268. The molecule has 2 aromatic heterocycles. The van der Waals surface area contributed by atoms with E-state index in [1.807, 2.05) is 103 Å². The molecule has 14 nitrogen and oxygen atoms in total. The number of carbonyl (C=O) groups excluding carboxylic acids is 1. The fourth-order valence-electron chi connectivity index (χ4n) is 16.8. The van der Waals surface area contributed by atoms with E-state index in [1.165, 1.54) is 132 Å². The molecule has 0 bridgehead atoms. The van der Waals surface area contributed by atoms with E-state index in [0.717, 1.165) is 125 Å². The van der Waals surface area contributed by atoms with E-state index in [9.17, 15) is 28.2 Å². The van der Waals surface area contributed by atoms with Crippen LogP contribution in [-0.4, -0.2) is 92.5 Å². The van der Waals surface area contributed by atoms with Gasteiger partial charge in [0.15, 0.2) is 0 Å². The van der Waals surface area contributed by atoms with Gasteiger partial charge in [0.25, 0.3) is 6.47 Å². The Labute approximate surface area is 820 Å². The van der Waals surface area contributed by atoms with Gasteiger partial charge >= 0.3 is 0 Å². The number of hydrogen-bond acceptors (Lipinski definition) is 14. The van der Waals surface area contributed by atoms with Crippen molar-refractivity contribution in [2.45, 2.75) is 137 Å². The second-order valence-corrected chi connectivity index (χ2v) is 36.8. The molecule has 3 heterocycles. The summed E-state index contributed by atoms with van der Waals surface area (Å²) < 4.78 is 50.0. The molecule has 17 rings (SSSR count). The molecule has 17 heteroatoms. The smallest absolute Gasteiger partial charge is 0.293 e. The number of aromatic nitrogens is 2. The monoisotopic (exact) mass is 1860 g/mol. The van der Waals surface area contributed by atoms with E-state index in [0.29, 0.717) is 37.6 Å². The van der Waals surface area contributed by atoms with Crippen LogP contribution in [0.3, 0.4) is 0 Å². The standard InChI is InChI=1S/C30H32N2.C25H28N2O.C24H27FN2.C23H22FNO2.C20H19FN2O2/c1-31(2)29-20-18-26(19-21-29)23-32(22-25-12-6-3-7-13-25)24-30(27-14-8-4-9-15-27)28-16-10-5-11-17-28;1-26(2)24-11-8-21(9-12-24)18-27(17-20-6-4-3-5-7-20)19-22-10-13-25-23(16-22)14-15-28-25;1-24(2,3)22-8-4-19(5-9-22)16-27(18-21-12-14-26-15-13-21)17-20-6-10-23(25)11-7-20;24-23-12-10-21(11-13-23)16-25(14-19-4-2-1-3-5-19)15-20-6-8-22(9-7-20)17-27-18-26;21-18-3-1-15(2-4-18)12-23(13-16-7-9-22-10-8-16)14-17-11-19(24)5-6-20(17)25/h3-21,30H,22-24H2,1-2H3;3-13,16H,14-15,17-19H2,1-2H3;4-15H,16-18H2,1-3H3;1-13,18H,14-17H2;1-11,24-25H,12-14H2. The predicted molar refractivity (Wildman–Crippen MR) is 557 cm³/mol. The van der Waals surface area contributed by atoms with Gasteiger partial charge in [-0.1, -0.05) is 294 Å². The third kappa shape index (κ3) is 34.6. The molecule has 0 saturated carbocycles. The van der Waals surface area contributed by atoms with Crippen LogP contribution in [0.25, 0.3) is 0 Å². The third-order valence-electron chi connectivity index (χ3n) is 24.2. The zero-order chi connectivity index (χ0) is 97.3. The van der Waals surface area contributed by atoms with Crippen LogP contribution in [0.4, 0.5) is 24.5 Å². The summed E-state index contributed by atoms with van der Waals surface area (Å²) in [6, 6.07) is 127. The third-order valence-corrected chi connectivity index (χ3v) is 24.2. The quantitative estimate of drug-likeness (QED) is 0.0283. The lowest BCUT2D eigenvalue weighted by molar-refractivity contribution is -0.129. The topological polar surface area (TPSA) is 124 Å². The van der Waals surface area contributed by atoms with Crippen molar-refractivity contribution in [3.05, 3.63) is 530 Å². The maximum absolute atomic E-state index is 13.2. The van der Waals surface area contributed by atoms with Crippen molar-refractivity contribution in [1.29, 1.82) is 0 Å². The van der Waals surface area contributed by atoms with Gasteiger partial charge in [-0.15, -0.1) is 0 Å². The highest BCUT2D eigenvalue weighted by Crippen LogP contribution is 2.33. The predicted octanol–water partition coefficient (Wildman–Crippen LogP) is 25.7. The number of halogens is 3. The second kappa shape index (κ2) is 53.2. The number of fused-ring (bicyclic) bond motifs is 1. The van der Waals surface area contributed by atoms with Gasteiger partial charge in [-0.2, -0.15) is 0 Å². The molecule has 0 aliphatic carbocycles. The van der Waals surface area contributed by atoms with Crippen molar-refractivity contribution in [3.63, 3.8) is 0 Å². The highest BCUT2D eigenvalue weighted by Gasteiger charge is 2.23. The number of anilines is 2. The lowest BCUT2D eigenvalue weighted by Gasteiger charge is -2.29. The van der Waals surface area contributed by atoms with E-state index in [-0.39, 0.29) is 41.0 Å². The van der Waals surface area contributed by atoms with E-state index in [1.54, 1.807) is 30.6 Å². The number of phenols is 2. The highest BCUT2D eigenvalue weighted by molar-refractivity contribution is 5.48. The Bertz CT molecular complexity index is 6210. The Balaban J connectivity index is 0.000000147. The van der Waals surface area contributed by atoms with Crippen LogP contribution < -0.4 is 14.5 Å². The molecule has 0 radical (unpaired) electrons. The number of carbonyl (C=O) groups is 1. The van der Waals surface area contributed by atoms with Gasteiger partial charge in [0, 0.05) is 180 Å². The molecule has 0 unspecified atom stereocenters. The van der Waals surface area contributed by atoms with Gasteiger partial charge in [-0.25, -0.2) is 13.2 Å². The van der Waals surface area contributed by atoms with Crippen molar-refractivity contribution in [3.8, 4) is 17.2 Å². The van der Waals surface area contributed by atoms with Crippen LogP contribution in [0.5, 0.6) is 17.2 Å². The highest BCUT2D eigenvalue weighted by atomic mass is 19.1. The van der Waals surface area contributed by atoms with Gasteiger partial charge in [0.2, 0.25) is 0 Å². The molecular formula is C122H128F3N9O5. The van der Waals surface area contributed by atoms with E-state index >= 15 is 0 Å². The molecule has 14 aromatic carbocycles. The minimum absolute atomic E-state index is 0.110. The largest absolute Gasteiger partial charge is 0.508 e. The van der Waals surface area contributed by atoms with Crippen LogP contribution in [-0.2, 0) is 120 Å². The first-order valence-electron chi connectivity index (χ1n) is 47.4. The summed E-state index contributed by atoms with van der Waals surface area (Å²) in [7, 11) is 8.32. The average Bonchev–Trinajstić information content (AvgIpc) is 1.37. The van der Waals surface area contributed by atoms with Gasteiger partial charge < -0.3 is 29.5 Å². The number of nitrogens with zero attached hydrogens (tertiary/aromatic N) is 9. The first-order chi connectivity index (χ1) is 67.6. The summed E-state index contributed by atoms with van der Waals surface area (Å²) >= 11 is 0. The first-order valence-corrected chi connectivity index (χ1v) is 47.4. The molecule has 0 amide bonds. The van der Waals surface area contributed by atoms with Crippen LogP contribution >= 0.6 is 0 Å².